The van der Waals surface area contributed by atoms with E-state index < -0.39 is 0 Å². The molecule has 1 aliphatic carbocycles. The van der Waals surface area contributed by atoms with Crippen molar-refractivity contribution >= 4 is 17.6 Å². The quantitative estimate of drug-likeness (QED) is 0.670. The Hall–Kier alpha value is -2.83. The Morgan fingerprint density at radius 3 is 2.50 bits per heavy atom. The third-order valence-corrected chi connectivity index (χ3v) is 5.15. The molecule has 2 aromatic rings. The molecule has 7 nitrogen and oxygen atoms in total. The highest BCUT2D eigenvalue weighted by Gasteiger charge is 2.30. The molecular weight excluding hydrogens is 356 g/mol. The molecule has 0 spiro atoms. The van der Waals surface area contributed by atoms with Crippen molar-refractivity contribution in [3.05, 3.63) is 30.0 Å². The second-order valence-electron chi connectivity index (χ2n) is 7.21. The van der Waals surface area contributed by atoms with Crippen molar-refractivity contribution < 1.29 is 14.7 Å². The highest BCUT2D eigenvalue weighted by molar-refractivity contribution is 5.93. The fraction of sp³-hybridized carbons (Fsp3) is 0.476. The van der Waals surface area contributed by atoms with Gasteiger partial charge in [0.2, 0.25) is 5.91 Å². The maximum absolute atomic E-state index is 12.3. The topological polar surface area (TPSA) is 96.3 Å². The Bertz CT molecular complexity index is 867. The lowest BCUT2D eigenvalue weighted by atomic mass is 10.0. The van der Waals surface area contributed by atoms with Gasteiger partial charge < -0.3 is 15.7 Å². The van der Waals surface area contributed by atoms with Crippen LogP contribution >= 0.6 is 0 Å². The monoisotopic (exact) mass is 384 g/mol. The number of amides is 2. The number of phenolic OH excluding ortho intramolecular Hbond substituents is 1. The van der Waals surface area contributed by atoms with E-state index in [4.69, 9.17) is 0 Å². The number of benzene rings is 1. The molecule has 1 aromatic carbocycles. The first-order valence-corrected chi connectivity index (χ1v) is 10.0. The summed E-state index contributed by atoms with van der Waals surface area (Å²) in [6.45, 7) is 6.35. The van der Waals surface area contributed by atoms with Crippen LogP contribution in [-0.4, -0.2) is 33.4 Å². The Morgan fingerprint density at radius 1 is 1.21 bits per heavy atom. The number of nitrogens with one attached hydrogen (secondary N) is 2. The fourth-order valence-electron chi connectivity index (χ4n) is 3.32. The summed E-state index contributed by atoms with van der Waals surface area (Å²) in [5, 5.41) is 20.6. The van der Waals surface area contributed by atoms with Crippen molar-refractivity contribution in [3.63, 3.8) is 0 Å². The molecule has 0 unspecified atom stereocenters. The molecular formula is C21H28N4O3. The predicted octanol–water partition coefficient (Wildman–Crippen LogP) is 4.09. The van der Waals surface area contributed by atoms with Crippen molar-refractivity contribution in [2.75, 3.05) is 11.9 Å². The van der Waals surface area contributed by atoms with Crippen LogP contribution in [0.5, 0.6) is 5.75 Å². The lowest BCUT2D eigenvalue weighted by Gasteiger charge is -2.13. The Balaban J connectivity index is 1.85. The van der Waals surface area contributed by atoms with Gasteiger partial charge in [0.25, 0.3) is 0 Å². The van der Waals surface area contributed by atoms with Gasteiger partial charge in [0, 0.05) is 35.7 Å². The first-order valence-electron chi connectivity index (χ1n) is 10.0. The first-order chi connectivity index (χ1) is 13.5. The summed E-state index contributed by atoms with van der Waals surface area (Å²) in [6, 6.07) is 6.60. The van der Waals surface area contributed by atoms with Crippen molar-refractivity contribution in [1.29, 1.82) is 0 Å². The summed E-state index contributed by atoms with van der Waals surface area (Å²) in [7, 11) is 0. The summed E-state index contributed by atoms with van der Waals surface area (Å²) in [5.41, 5.74) is 2.49. The second-order valence-corrected chi connectivity index (χ2v) is 7.21. The molecule has 3 N–H and O–H groups in total. The van der Waals surface area contributed by atoms with Gasteiger partial charge in [-0.2, -0.15) is 9.78 Å². The lowest BCUT2D eigenvalue weighted by Crippen LogP contribution is -2.30. The van der Waals surface area contributed by atoms with Gasteiger partial charge in [-0.05, 0) is 50.8 Å². The zero-order chi connectivity index (χ0) is 20.3. The van der Waals surface area contributed by atoms with E-state index in [0.29, 0.717) is 29.4 Å². The van der Waals surface area contributed by atoms with Gasteiger partial charge in [-0.25, -0.2) is 4.79 Å². The molecule has 150 valence electrons. The number of carbonyl (C=O) groups is 2. The number of hydrogen-bond donors (Lipinski definition) is 3. The third kappa shape index (κ3) is 4.18. The molecule has 1 heterocycles. The van der Waals surface area contributed by atoms with Gasteiger partial charge in [0.05, 0.1) is 11.4 Å². The van der Waals surface area contributed by atoms with Crippen molar-refractivity contribution in [2.45, 2.75) is 52.4 Å². The molecule has 0 atom stereocenters. The average Bonchev–Trinajstić information content (AvgIpc) is 3.42. The van der Waals surface area contributed by atoms with Crippen molar-refractivity contribution in [1.82, 2.24) is 15.1 Å². The summed E-state index contributed by atoms with van der Waals surface area (Å²) >= 11 is 0. The van der Waals surface area contributed by atoms with Gasteiger partial charge >= 0.3 is 6.03 Å². The Kier molecular flexibility index (Phi) is 6.02. The largest absolute Gasteiger partial charge is 0.507 e. The van der Waals surface area contributed by atoms with Gasteiger partial charge in [-0.15, -0.1) is 0 Å². The molecule has 0 saturated heterocycles. The van der Waals surface area contributed by atoms with Crippen LogP contribution < -0.4 is 10.6 Å². The molecule has 0 aliphatic heterocycles. The van der Waals surface area contributed by atoms with E-state index in [0.717, 1.165) is 31.4 Å². The zero-order valence-corrected chi connectivity index (χ0v) is 16.7. The molecule has 3 rings (SSSR count). The molecule has 7 heteroatoms. The van der Waals surface area contributed by atoms with Crippen LogP contribution in [0.1, 0.15) is 58.1 Å². The summed E-state index contributed by atoms with van der Waals surface area (Å²) in [6.07, 6.45) is 3.62. The van der Waals surface area contributed by atoms with Crippen molar-refractivity contribution in [3.8, 4) is 17.0 Å². The third-order valence-electron chi connectivity index (χ3n) is 5.15. The highest BCUT2D eigenvalue weighted by Crippen LogP contribution is 2.42. The van der Waals surface area contributed by atoms with Crippen LogP contribution in [0.2, 0.25) is 0 Å². The van der Waals surface area contributed by atoms with E-state index >= 15 is 0 Å². The standard InChI is InChI=1S/C21H28N4O3/c1-4-13(5-2)20(27)23-15-9-10-16(19(26)11-15)17-12-18(14-7-8-14)25(24-17)21(28)22-6-3/h9-14,26H,4-8H2,1-3H3,(H,22,28)(H,23,27). The number of phenols is 1. The molecule has 1 aliphatic rings. The minimum absolute atomic E-state index is 0.0187. The SMILES string of the molecule is CCNC(=O)n1nc(-c2ccc(NC(=O)C(CC)CC)cc2O)cc1C1CC1. The number of aromatic hydroxyl groups is 1. The van der Waals surface area contributed by atoms with Gasteiger partial charge in [0.15, 0.2) is 0 Å². The number of carbonyl (C=O) groups excluding carboxylic acids is 2. The van der Waals surface area contributed by atoms with Gasteiger partial charge in [0.1, 0.15) is 5.75 Å². The van der Waals surface area contributed by atoms with Crippen LogP contribution in [0.15, 0.2) is 24.3 Å². The lowest BCUT2D eigenvalue weighted by molar-refractivity contribution is -0.120. The zero-order valence-electron chi connectivity index (χ0n) is 16.7. The van der Waals surface area contributed by atoms with Gasteiger partial charge in [-0.1, -0.05) is 13.8 Å². The van der Waals surface area contributed by atoms with Crippen LogP contribution in [0, 0.1) is 5.92 Å². The van der Waals surface area contributed by atoms with Crippen LogP contribution in [-0.2, 0) is 4.79 Å². The van der Waals surface area contributed by atoms with Crippen LogP contribution in [0.3, 0.4) is 0 Å². The minimum atomic E-state index is -0.260. The Labute approximate surface area is 165 Å². The minimum Gasteiger partial charge on any atom is -0.507 e. The smallest absolute Gasteiger partial charge is 0.342 e. The summed E-state index contributed by atoms with van der Waals surface area (Å²) in [5.74, 6) is 0.263. The first kappa shape index (κ1) is 19.9. The number of hydrogen-bond acceptors (Lipinski definition) is 4. The van der Waals surface area contributed by atoms with E-state index in [2.05, 4.69) is 15.7 Å². The van der Waals surface area contributed by atoms with E-state index in [9.17, 15) is 14.7 Å². The van der Waals surface area contributed by atoms with Crippen molar-refractivity contribution in [2.24, 2.45) is 5.92 Å². The van der Waals surface area contributed by atoms with E-state index in [1.165, 1.54) is 10.7 Å². The second kappa shape index (κ2) is 8.46. The molecule has 0 radical (unpaired) electrons. The number of nitrogens with zero attached hydrogens (tertiary/aromatic N) is 2. The molecule has 1 aromatic heterocycles. The molecule has 1 fully saturated rings. The fourth-order valence-corrected chi connectivity index (χ4v) is 3.32. The number of rotatable bonds is 7. The van der Waals surface area contributed by atoms with E-state index in [-0.39, 0.29) is 23.6 Å². The normalized spacial score (nSPS) is 13.6. The molecule has 28 heavy (non-hydrogen) atoms. The predicted molar refractivity (Wildman–Crippen MR) is 108 cm³/mol. The average molecular weight is 384 g/mol. The molecule has 2 amide bonds. The highest BCUT2D eigenvalue weighted by atomic mass is 16.3. The van der Waals surface area contributed by atoms with Gasteiger partial charge in [-0.3, -0.25) is 4.79 Å². The summed E-state index contributed by atoms with van der Waals surface area (Å²) in [4.78, 5) is 24.6. The van der Waals surface area contributed by atoms with Crippen LogP contribution in [0.25, 0.3) is 11.3 Å². The van der Waals surface area contributed by atoms with Crippen LogP contribution in [0.4, 0.5) is 10.5 Å². The molecule has 1 saturated carbocycles. The Morgan fingerprint density at radius 2 is 1.93 bits per heavy atom. The van der Waals surface area contributed by atoms with E-state index in [1.54, 1.807) is 12.1 Å². The number of aromatic nitrogens is 2. The van der Waals surface area contributed by atoms with E-state index in [1.807, 2.05) is 26.8 Å². The maximum Gasteiger partial charge on any atom is 0.342 e. The maximum atomic E-state index is 12.3. The molecule has 0 bridgehead atoms. The summed E-state index contributed by atoms with van der Waals surface area (Å²) < 4.78 is 1.40. The number of anilines is 1.